The molecule has 0 aromatic heterocycles. The van der Waals surface area contributed by atoms with E-state index in [-0.39, 0.29) is 0 Å². The van der Waals surface area contributed by atoms with E-state index in [1.54, 1.807) is 0 Å². The van der Waals surface area contributed by atoms with Gasteiger partial charge < -0.3 is 20.3 Å². The Hall–Kier alpha value is -3.84. The second-order valence-corrected chi connectivity index (χ2v) is 8.42. The highest BCUT2D eigenvalue weighted by Crippen LogP contribution is 2.17. The standard InChI is InChI=1S/C26H30N2O.C2H2O4/c1-3-7-25(8-4-1)27-19-22-13-15-26(16-14-22)29-21-24-11-9-23(10-12-24)20-28-17-5-2-6-18-28;3-1(4)2(5)6/h1,3-4,7-16,27H,2,5-6,17-21H2;(H,3,4)(H,5,6). The maximum atomic E-state index is 9.10. The quantitative estimate of drug-likeness (QED) is 0.393. The number of hydrogen-bond donors (Lipinski definition) is 3. The molecule has 0 saturated carbocycles. The van der Waals surface area contributed by atoms with Crippen molar-refractivity contribution in [3.63, 3.8) is 0 Å². The van der Waals surface area contributed by atoms with Crippen LogP contribution in [0.4, 0.5) is 5.69 Å². The fourth-order valence-corrected chi connectivity index (χ4v) is 3.75. The predicted octanol–water partition coefficient (Wildman–Crippen LogP) is 5.02. The maximum absolute atomic E-state index is 9.10. The van der Waals surface area contributed by atoms with E-state index < -0.39 is 11.9 Å². The van der Waals surface area contributed by atoms with E-state index in [1.165, 1.54) is 49.0 Å². The van der Waals surface area contributed by atoms with Crippen molar-refractivity contribution in [1.82, 2.24) is 4.90 Å². The zero-order chi connectivity index (χ0) is 24.9. The number of carbonyl (C=O) groups is 2. The van der Waals surface area contributed by atoms with Crippen molar-refractivity contribution in [2.75, 3.05) is 18.4 Å². The van der Waals surface area contributed by atoms with Gasteiger partial charge in [-0.15, -0.1) is 0 Å². The lowest BCUT2D eigenvalue weighted by Crippen LogP contribution is -2.29. The van der Waals surface area contributed by atoms with Gasteiger partial charge in [0.1, 0.15) is 12.4 Å². The average molecular weight is 477 g/mol. The van der Waals surface area contributed by atoms with E-state index in [1.807, 2.05) is 30.3 Å². The lowest BCUT2D eigenvalue weighted by Gasteiger charge is -2.26. The number of likely N-dealkylation sites (tertiary alicyclic amines) is 1. The summed E-state index contributed by atoms with van der Waals surface area (Å²) in [5, 5.41) is 18.2. The third-order valence-corrected chi connectivity index (χ3v) is 5.66. The molecule has 0 unspecified atom stereocenters. The van der Waals surface area contributed by atoms with E-state index >= 15 is 0 Å². The van der Waals surface area contributed by atoms with Crippen LogP contribution in [0.1, 0.15) is 36.0 Å². The summed E-state index contributed by atoms with van der Waals surface area (Å²) in [7, 11) is 0. The van der Waals surface area contributed by atoms with Gasteiger partial charge in [0.25, 0.3) is 0 Å². The third-order valence-electron chi connectivity index (χ3n) is 5.66. The summed E-state index contributed by atoms with van der Waals surface area (Å²) in [6, 6.07) is 27.5. The molecule has 0 bridgehead atoms. The van der Waals surface area contributed by atoms with Gasteiger partial charge in [-0.05, 0) is 66.9 Å². The second kappa shape index (κ2) is 13.8. The number of aliphatic carboxylic acids is 2. The molecule has 0 amide bonds. The van der Waals surface area contributed by atoms with Gasteiger partial charge in [-0.2, -0.15) is 0 Å². The first-order valence-corrected chi connectivity index (χ1v) is 11.8. The molecule has 35 heavy (non-hydrogen) atoms. The highest BCUT2D eigenvalue weighted by Gasteiger charge is 2.10. The number of piperidine rings is 1. The number of para-hydroxylation sites is 1. The number of carboxylic acids is 2. The lowest BCUT2D eigenvalue weighted by molar-refractivity contribution is -0.159. The van der Waals surface area contributed by atoms with Gasteiger partial charge in [0, 0.05) is 18.8 Å². The van der Waals surface area contributed by atoms with Crippen molar-refractivity contribution in [2.24, 2.45) is 0 Å². The zero-order valence-corrected chi connectivity index (χ0v) is 19.7. The Balaban J connectivity index is 0.000000509. The minimum absolute atomic E-state index is 0.603. The highest BCUT2D eigenvalue weighted by molar-refractivity contribution is 6.27. The average Bonchev–Trinajstić information content (AvgIpc) is 2.89. The molecule has 0 aliphatic carbocycles. The van der Waals surface area contributed by atoms with Crippen molar-refractivity contribution >= 4 is 17.6 Å². The molecule has 1 fully saturated rings. The first-order chi connectivity index (χ1) is 17.0. The third kappa shape index (κ3) is 9.51. The molecule has 184 valence electrons. The van der Waals surface area contributed by atoms with Gasteiger partial charge in [-0.1, -0.05) is 61.0 Å². The summed E-state index contributed by atoms with van der Waals surface area (Å²) in [6.07, 6.45) is 4.07. The van der Waals surface area contributed by atoms with Gasteiger partial charge in [-0.3, -0.25) is 4.90 Å². The van der Waals surface area contributed by atoms with Crippen LogP contribution in [0.3, 0.4) is 0 Å². The van der Waals surface area contributed by atoms with Gasteiger partial charge in [0.05, 0.1) is 0 Å². The summed E-state index contributed by atoms with van der Waals surface area (Å²) < 4.78 is 5.97. The van der Waals surface area contributed by atoms with Crippen LogP contribution in [0, 0.1) is 0 Å². The molecule has 0 radical (unpaired) electrons. The molecule has 3 N–H and O–H groups in total. The van der Waals surface area contributed by atoms with Crippen molar-refractivity contribution < 1.29 is 24.5 Å². The fourth-order valence-electron chi connectivity index (χ4n) is 3.75. The molecule has 1 aliphatic heterocycles. The molecule has 7 heteroatoms. The van der Waals surface area contributed by atoms with Gasteiger partial charge in [0.15, 0.2) is 0 Å². The van der Waals surface area contributed by atoms with Crippen molar-refractivity contribution in [2.45, 2.75) is 39.0 Å². The molecule has 0 spiro atoms. The Morgan fingerprint density at radius 1 is 0.743 bits per heavy atom. The van der Waals surface area contributed by atoms with Crippen molar-refractivity contribution in [3.05, 3.63) is 95.6 Å². The van der Waals surface area contributed by atoms with E-state index in [0.717, 1.165) is 24.5 Å². The summed E-state index contributed by atoms with van der Waals surface area (Å²) in [5.41, 5.74) is 4.98. The van der Waals surface area contributed by atoms with Gasteiger partial charge >= 0.3 is 11.9 Å². The fraction of sp³-hybridized carbons (Fsp3) is 0.286. The number of carboxylic acid groups (broad SMARTS) is 2. The summed E-state index contributed by atoms with van der Waals surface area (Å²) in [4.78, 5) is 20.8. The van der Waals surface area contributed by atoms with Crippen LogP contribution in [0.5, 0.6) is 5.75 Å². The molecule has 1 saturated heterocycles. The molecular formula is C28H32N2O5. The number of anilines is 1. The summed E-state index contributed by atoms with van der Waals surface area (Å²) >= 11 is 0. The Kier molecular flexibility index (Phi) is 10.1. The van der Waals surface area contributed by atoms with Crippen LogP contribution in [0.25, 0.3) is 0 Å². The predicted molar refractivity (Wildman–Crippen MR) is 135 cm³/mol. The van der Waals surface area contributed by atoms with E-state index in [2.05, 4.69) is 58.7 Å². The normalized spacial score (nSPS) is 13.3. The molecule has 3 aromatic carbocycles. The molecule has 1 heterocycles. The number of hydrogen-bond acceptors (Lipinski definition) is 5. The molecule has 7 nitrogen and oxygen atoms in total. The first-order valence-electron chi connectivity index (χ1n) is 11.8. The molecular weight excluding hydrogens is 444 g/mol. The highest BCUT2D eigenvalue weighted by atomic mass is 16.5. The van der Waals surface area contributed by atoms with Crippen LogP contribution in [-0.2, 0) is 29.3 Å². The second-order valence-electron chi connectivity index (χ2n) is 8.42. The van der Waals surface area contributed by atoms with E-state index in [4.69, 9.17) is 24.5 Å². The number of nitrogens with zero attached hydrogens (tertiary/aromatic N) is 1. The van der Waals surface area contributed by atoms with Crippen molar-refractivity contribution in [3.8, 4) is 5.75 Å². The smallest absolute Gasteiger partial charge is 0.414 e. The van der Waals surface area contributed by atoms with E-state index in [0.29, 0.717) is 6.61 Å². The SMILES string of the molecule is O=C(O)C(=O)O.c1ccc(NCc2ccc(OCc3ccc(CN4CCCCC4)cc3)cc2)cc1. The number of nitrogens with one attached hydrogen (secondary N) is 1. The van der Waals surface area contributed by atoms with Crippen LogP contribution < -0.4 is 10.1 Å². The summed E-state index contributed by atoms with van der Waals surface area (Å²) in [5.74, 6) is -2.74. The molecule has 4 rings (SSSR count). The number of ether oxygens (including phenoxy) is 1. The first kappa shape index (κ1) is 25.8. The topological polar surface area (TPSA) is 99.1 Å². The number of rotatable bonds is 8. The van der Waals surface area contributed by atoms with Crippen LogP contribution in [0.15, 0.2) is 78.9 Å². The van der Waals surface area contributed by atoms with Crippen LogP contribution in [0.2, 0.25) is 0 Å². The minimum Gasteiger partial charge on any atom is -0.489 e. The Morgan fingerprint density at radius 3 is 1.91 bits per heavy atom. The number of benzene rings is 3. The monoisotopic (exact) mass is 476 g/mol. The Labute approximate surface area is 206 Å². The maximum Gasteiger partial charge on any atom is 0.414 e. The Morgan fingerprint density at radius 2 is 1.31 bits per heavy atom. The van der Waals surface area contributed by atoms with Gasteiger partial charge in [-0.25, -0.2) is 9.59 Å². The van der Waals surface area contributed by atoms with E-state index in [9.17, 15) is 0 Å². The van der Waals surface area contributed by atoms with Gasteiger partial charge in [0.2, 0.25) is 0 Å². The van der Waals surface area contributed by atoms with Crippen molar-refractivity contribution in [1.29, 1.82) is 0 Å². The minimum atomic E-state index is -1.82. The van der Waals surface area contributed by atoms with Crippen LogP contribution in [-0.4, -0.2) is 40.1 Å². The largest absolute Gasteiger partial charge is 0.489 e. The lowest BCUT2D eigenvalue weighted by atomic mass is 10.1. The molecule has 3 aromatic rings. The summed E-state index contributed by atoms with van der Waals surface area (Å²) in [6.45, 7) is 4.96. The zero-order valence-electron chi connectivity index (χ0n) is 19.7. The Bertz CT molecular complexity index is 1030. The van der Waals surface area contributed by atoms with Crippen LogP contribution >= 0.6 is 0 Å². The molecule has 1 aliphatic rings. The molecule has 0 atom stereocenters.